The Morgan fingerprint density at radius 2 is 1.92 bits per heavy atom. The van der Waals surface area contributed by atoms with Crippen LogP contribution in [0.3, 0.4) is 0 Å². The maximum atomic E-state index is 13.6. The van der Waals surface area contributed by atoms with Gasteiger partial charge < -0.3 is 14.7 Å². The largest absolute Gasteiger partial charge is 0.489 e. The summed E-state index contributed by atoms with van der Waals surface area (Å²) in [5, 5.41) is 10.1. The quantitative estimate of drug-likeness (QED) is 0.889. The molecule has 1 fully saturated rings. The number of hydrogen-bond donors (Lipinski definition) is 1. The maximum Gasteiger partial charge on any atom is 0.253 e. The topological polar surface area (TPSA) is 49.8 Å². The van der Waals surface area contributed by atoms with Gasteiger partial charge in [0.2, 0.25) is 0 Å². The fraction of sp³-hybridized carbons (Fsp3) is 0.381. The Kier molecular flexibility index (Phi) is 5.28. The molecule has 1 amide bonds. The molecule has 0 saturated carbocycles. The second kappa shape index (κ2) is 7.46. The molecule has 0 spiro atoms. The van der Waals surface area contributed by atoms with Crippen molar-refractivity contribution in [3.05, 3.63) is 65.5 Å². The molecule has 1 atom stereocenters. The first-order chi connectivity index (χ1) is 12.3. The van der Waals surface area contributed by atoms with Gasteiger partial charge in [0, 0.05) is 30.1 Å². The van der Waals surface area contributed by atoms with Crippen LogP contribution in [0, 0.1) is 11.7 Å². The zero-order valence-electron chi connectivity index (χ0n) is 15.1. The number of likely N-dealkylation sites (tertiary alicyclic amines) is 1. The van der Waals surface area contributed by atoms with Gasteiger partial charge in [-0.2, -0.15) is 0 Å². The van der Waals surface area contributed by atoms with E-state index in [-0.39, 0.29) is 24.2 Å². The van der Waals surface area contributed by atoms with Crippen LogP contribution in [0.25, 0.3) is 0 Å². The highest BCUT2D eigenvalue weighted by Crippen LogP contribution is 2.28. The lowest BCUT2D eigenvalue weighted by atomic mass is 9.90. The fourth-order valence-corrected chi connectivity index (χ4v) is 3.17. The number of halogens is 1. The summed E-state index contributed by atoms with van der Waals surface area (Å²) in [6.45, 7) is 4.92. The lowest BCUT2D eigenvalue weighted by Crippen LogP contribution is -2.35. The van der Waals surface area contributed by atoms with Crippen molar-refractivity contribution in [2.75, 3.05) is 13.1 Å². The Hall–Kier alpha value is -2.40. The second-order valence-corrected chi connectivity index (χ2v) is 7.29. The van der Waals surface area contributed by atoms with Crippen molar-refractivity contribution in [3.8, 4) is 5.75 Å². The molecule has 1 N–H and O–H groups in total. The average Bonchev–Trinajstić information content (AvgIpc) is 3.11. The van der Waals surface area contributed by atoms with Gasteiger partial charge in [0.25, 0.3) is 5.91 Å². The van der Waals surface area contributed by atoms with E-state index in [0.29, 0.717) is 30.0 Å². The van der Waals surface area contributed by atoms with E-state index >= 15 is 0 Å². The molecule has 1 saturated heterocycles. The number of nitrogens with zero attached hydrogens (tertiary/aromatic N) is 1. The molecule has 2 aromatic rings. The minimum Gasteiger partial charge on any atom is -0.489 e. The van der Waals surface area contributed by atoms with Crippen LogP contribution < -0.4 is 4.74 Å². The van der Waals surface area contributed by atoms with Gasteiger partial charge in [-0.05, 0) is 50.6 Å². The van der Waals surface area contributed by atoms with E-state index in [9.17, 15) is 14.3 Å². The monoisotopic (exact) mass is 357 g/mol. The summed E-state index contributed by atoms with van der Waals surface area (Å²) in [5.41, 5.74) is 0.293. The molecule has 0 bridgehead atoms. The van der Waals surface area contributed by atoms with Crippen LogP contribution in [0.5, 0.6) is 5.75 Å². The van der Waals surface area contributed by atoms with Crippen LogP contribution in [0.1, 0.15) is 36.2 Å². The van der Waals surface area contributed by atoms with Crippen LogP contribution in [0.4, 0.5) is 4.39 Å². The molecule has 4 nitrogen and oxygen atoms in total. The second-order valence-electron chi connectivity index (χ2n) is 7.29. The maximum absolute atomic E-state index is 13.6. The number of benzene rings is 2. The van der Waals surface area contributed by atoms with Gasteiger partial charge in [-0.1, -0.05) is 18.2 Å². The van der Waals surface area contributed by atoms with E-state index in [0.717, 1.165) is 6.42 Å². The summed E-state index contributed by atoms with van der Waals surface area (Å²) in [4.78, 5) is 14.4. The lowest BCUT2D eigenvalue weighted by Gasteiger charge is -2.25. The molecule has 2 aromatic carbocycles. The van der Waals surface area contributed by atoms with Gasteiger partial charge in [-0.3, -0.25) is 4.79 Å². The van der Waals surface area contributed by atoms with E-state index in [1.54, 1.807) is 61.2 Å². The Morgan fingerprint density at radius 1 is 1.23 bits per heavy atom. The summed E-state index contributed by atoms with van der Waals surface area (Å²) < 4.78 is 19.2. The standard InChI is InChI=1S/C21H24FNO3/c1-21(2,25)17-11-12-23(13-17)20(24)15-7-9-18(10-8-15)26-14-16-5-3-4-6-19(16)22/h3-10,17,25H,11-14H2,1-2H3/t17-/m0/s1. The number of ether oxygens (including phenoxy) is 1. The van der Waals surface area contributed by atoms with Gasteiger partial charge >= 0.3 is 0 Å². The molecule has 0 aromatic heterocycles. The summed E-state index contributed by atoms with van der Waals surface area (Å²) >= 11 is 0. The van der Waals surface area contributed by atoms with Crippen molar-refractivity contribution in [3.63, 3.8) is 0 Å². The molecule has 1 aliphatic heterocycles. The van der Waals surface area contributed by atoms with E-state index in [4.69, 9.17) is 4.74 Å². The van der Waals surface area contributed by atoms with E-state index in [1.807, 2.05) is 0 Å². The molecule has 5 heteroatoms. The smallest absolute Gasteiger partial charge is 0.253 e. The molecule has 0 aliphatic carbocycles. The van der Waals surface area contributed by atoms with Crippen LogP contribution in [0.15, 0.2) is 48.5 Å². The van der Waals surface area contributed by atoms with Gasteiger partial charge in [0.05, 0.1) is 5.60 Å². The fourth-order valence-electron chi connectivity index (χ4n) is 3.17. The van der Waals surface area contributed by atoms with E-state index < -0.39 is 5.60 Å². The van der Waals surface area contributed by atoms with Crippen LogP contribution in [-0.2, 0) is 6.61 Å². The molecule has 0 unspecified atom stereocenters. The SMILES string of the molecule is CC(C)(O)[C@H]1CCN(C(=O)c2ccc(OCc3ccccc3F)cc2)C1. The summed E-state index contributed by atoms with van der Waals surface area (Å²) in [6, 6.07) is 13.4. The van der Waals surface area contributed by atoms with Crippen molar-refractivity contribution in [1.82, 2.24) is 4.90 Å². The zero-order valence-corrected chi connectivity index (χ0v) is 15.1. The highest BCUT2D eigenvalue weighted by atomic mass is 19.1. The van der Waals surface area contributed by atoms with Gasteiger partial charge in [0.15, 0.2) is 0 Å². The summed E-state index contributed by atoms with van der Waals surface area (Å²) in [5.74, 6) is 0.336. The van der Waals surface area contributed by atoms with E-state index in [2.05, 4.69) is 0 Å². The predicted octanol–water partition coefficient (Wildman–Crippen LogP) is 3.64. The number of hydrogen-bond acceptors (Lipinski definition) is 3. The molecule has 3 rings (SSSR count). The van der Waals surface area contributed by atoms with Crippen LogP contribution >= 0.6 is 0 Å². The molecular formula is C21H24FNO3. The molecule has 1 heterocycles. The first kappa shape index (κ1) is 18.4. The van der Waals surface area contributed by atoms with Crippen LogP contribution in [-0.4, -0.2) is 34.6 Å². The highest BCUT2D eigenvalue weighted by molar-refractivity contribution is 5.94. The normalized spacial score (nSPS) is 17.4. The predicted molar refractivity (Wildman–Crippen MR) is 97.5 cm³/mol. The van der Waals surface area contributed by atoms with Gasteiger partial charge in [-0.15, -0.1) is 0 Å². The van der Waals surface area contributed by atoms with Gasteiger partial charge in [0.1, 0.15) is 18.2 Å². The minimum absolute atomic E-state index is 0.0441. The molecule has 0 radical (unpaired) electrons. The average molecular weight is 357 g/mol. The first-order valence-corrected chi connectivity index (χ1v) is 8.82. The Bertz CT molecular complexity index is 768. The number of carbonyl (C=O) groups is 1. The Morgan fingerprint density at radius 3 is 2.54 bits per heavy atom. The van der Waals surface area contributed by atoms with Crippen LogP contribution in [0.2, 0.25) is 0 Å². The highest BCUT2D eigenvalue weighted by Gasteiger charge is 2.35. The van der Waals surface area contributed by atoms with Crippen molar-refractivity contribution >= 4 is 5.91 Å². The molecule has 138 valence electrons. The third-order valence-corrected chi connectivity index (χ3v) is 4.93. The lowest BCUT2D eigenvalue weighted by molar-refractivity contribution is 0.0211. The third kappa shape index (κ3) is 4.22. The number of aliphatic hydroxyl groups is 1. The van der Waals surface area contributed by atoms with Gasteiger partial charge in [-0.25, -0.2) is 4.39 Å². The third-order valence-electron chi connectivity index (χ3n) is 4.93. The Labute approximate surface area is 153 Å². The minimum atomic E-state index is -0.778. The summed E-state index contributed by atoms with van der Waals surface area (Å²) in [7, 11) is 0. The summed E-state index contributed by atoms with van der Waals surface area (Å²) in [6.07, 6.45) is 0.805. The molecule has 1 aliphatic rings. The molecular weight excluding hydrogens is 333 g/mol. The number of carbonyl (C=O) groups excluding carboxylic acids is 1. The Balaban J connectivity index is 1.59. The van der Waals surface area contributed by atoms with Crippen molar-refractivity contribution in [2.45, 2.75) is 32.5 Å². The first-order valence-electron chi connectivity index (χ1n) is 8.82. The zero-order chi connectivity index (χ0) is 18.7. The number of rotatable bonds is 5. The van der Waals surface area contributed by atoms with E-state index in [1.165, 1.54) is 6.07 Å². The van der Waals surface area contributed by atoms with Crippen molar-refractivity contribution in [2.24, 2.45) is 5.92 Å². The number of amides is 1. The van der Waals surface area contributed by atoms with Crippen molar-refractivity contribution < 1.29 is 19.0 Å². The van der Waals surface area contributed by atoms with Crippen molar-refractivity contribution in [1.29, 1.82) is 0 Å². The molecule has 26 heavy (non-hydrogen) atoms.